The van der Waals surface area contributed by atoms with Gasteiger partial charge in [0.05, 0.1) is 0 Å². The number of hydrogen-bond acceptors (Lipinski definition) is 4. The Bertz CT molecular complexity index is 417. The van der Waals surface area contributed by atoms with Crippen molar-refractivity contribution in [1.82, 2.24) is 9.88 Å². The van der Waals surface area contributed by atoms with Crippen molar-refractivity contribution >= 4 is 29.0 Å². The number of anilines is 2. The van der Waals surface area contributed by atoms with E-state index >= 15 is 0 Å². The van der Waals surface area contributed by atoms with E-state index in [1.165, 1.54) is 0 Å². The molecule has 1 aliphatic heterocycles. The Balaban J connectivity index is 2.03. The maximum atomic E-state index is 11.3. The van der Waals surface area contributed by atoms with Gasteiger partial charge in [0.25, 0.3) is 0 Å². The Morgan fingerprint density at radius 3 is 3.00 bits per heavy atom. The predicted octanol–water partition coefficient (Wildman–Crippen LogP) is 1.35. The molecule has 0 aromatic carbocycles. The molecular formula is C11H15ClN4O. The standard InChI is InChI=1S/C11H15ClN4O/c1-16-6-8(2-3-11(16)17)14-10-5-7(13)4-9(12)15-10/h4-5,8H,2-3,6H2,1H3,(H3,13,14,15). The number of nitrogens with one attached hydrogen (secondary N) is 1. The molecule has 6 heteroatoms. The number of nitrogens with two attached hydrogens (primary N) is 1. The van der Waals surface area contributed by atoms with Gasteiger partial charge in [0.2, 0.25) is 5.91 Å². The summed E-state index contributed by atoms with van der Waals surface area (Å²) in [7, 11) is 1.80. The number of likely N-dealkylation sites (tertiary alicyclic amines) is 1. The highest BCUT2D eigenvalue weighted by Gasteiger charge is 2.22. The van der Waals surface area contributed by atoms with Gasteiger partial charge >= 0.3 is 0 Å². The summed E-state index contributed by atoms with van der Waals surface area (Å²) < 4.78 is 0. The smallest absolute Gasteiger partial charge is 0.222 e. The SMILES string of the molecule is CN1CC(Nc2cc(N)cc(Cl)n2)CCC1=O. The van der Waals surface area contributed by atoms with Crippen LogP contribution in [0.25, 0.3) is 0 Å². The number of halogens is 1. The summed E-state index contributed by atoms with van der Waals surface area (Å²) in [5.41, 5.74) is 6.26. The second kappa shape index (κ2) is 4.79. The third-order valence-corrected chi connectivity index (χ3v) is 2.99. The van der Waals surface area contributed by atoms with Crippen molar-refractivity contribution in [2.24, 2.45) is 0 Å². The molecule has 1 aromatic heterocycles. The third-order valence-electron chi connectivity index (χ3n) is 2.80. The molecule has 1 atom stereocenters. The fourth-order valence-corrected chi connectivity index (χ4v) is 2.15. The minimum atomic E-state index is 0.182. The normalized spacial score (nSPS) is 20.5. The number of rotatable bonds is 2. The van der Waals surface area contributed by atoms with Crippen LogP contribution in [0.5, 0.6) is 0 Å². The van der Waals surface area contributed by atoms with E-state index in [0.717, 1.165) is 6.42 Å². The summed E-state index contributed by atoms with van der Waals surface area (Å²) in [5.74, 6) is 0.837. The molecule has 2 heterocycles. The monoisotopic (exact) mass is 254 g/mol. The molecule has 1 amide bonds. The number of aromatic nitrogens is 1. The van der Waals surface area contributed by atoms with E-state index < -0.39 is 0 Å². The maximum Gasteiger partial charge on any atom is 0.222 e. The number of nitrogen functional groups attached to an aromatic ring is 1. The first-order valence-corrected chi connectivity index (χ1v) is 5.86. The van der Waals surface area contributed by atoms with Gasteiger partial charge in [0.15, 0.2) is 0 Å². The van der Waals surface area contributed by atoms with Crippen molar-refractivity contribution in [2.45, 2.75) is 18.9 Å². The van der Waals surface area contributed by atoms with Gasteiger partial charge in [-0.15, -0.1) is 0 Å². The number of amides is 1. The zero-order chi connectivity index (χ0) is 12.4. The number of pyridine rings is 1. The van der Waals surface area contributed by atoms with Gasteiger partial charge in [-0.05, 0) is 12.5 Å². The fourth-order valence-electron chi connectivity index (χ4n) is 1.93. The van der Waals surface area contributed by atoms with Crippen molar-refractivity contribution < 1.29 is 4.79 Å². The summed E-state index contributed by atoms with van der Waals surface area (Å²) in [6, 6.07) is 3.54. The lowest BCUT2D eigenvalue weighted by Crippen LogP contribution is -2.43. The average molecular weight is 255 g/mol. The Morgan fingerprint density at radius 1 is 1.59 bits per heavy atom. The average Bonchev–Trinajstić information content (AvgIpc) is 2.22. The number of likely N-dealkylation sites (N-methyl/N-ethyl adjacent to an activating group) is 1. The quantitative estimate of drug-likeness (QED) is 0.782. The zero-order valence-corrected chi connectivity index (χ0v) is 10.4. The lowest BCUT2D eigenvalue weighted by molar-refractivity contribution is -0.132. The Morgan fingerprint density at radius 2 is 2.35 bits per heavy atom. The van der Waals surface area contributed by atoms with Crippen LogP contribution in [0, 0.1) is 0 Å². The number of nitrogens with zero attached hydrogens (tertiary/aromatic N) is 2. The molecule has 1 aromatic rings. The van der Waals surface area contributed by atoms with Gasteiger partial charge in [-0.2, -0.15) is 0 Å². The fraction of sp³-hybridized carbons (Fsp3) is 0.455. The number of carbonyl (C=O) groups excluding carboxylic acids is 1. The Kier molecular flexibility index (Phi) is 3.38. The van der Waals surface area contributed by atoms with Crippen molar-refractivity contribution in [3.63, 3.8) is 0 Å². The molecule has 1 unspecified atom stereocenters. The van der Waals surface area contributed by atoms with Crippen LogP contribution in [0.2, 0.25) is 5.15 Å². The van der Waals surface area contributed by atoms with E-state index in [9.17, 15) is 4.79 Å². The molecule has 0 radical (unpaired) electrons. The van der Waals surface area contributed by atoms with Gasteiger partial charge in [-0.3, -0.25) is 4.79 Å². The molecule has 3 N–H and O–H groups in total. The summed E-state index contributed by atoms with van der Waals surface area (Å²) in [4.78, 5) is 17.2. The van der Waals surface area contributed by atoms with Crippen LogP contribution in [0.15, 0.2) is 12.1 Å². The summed E-state index contributed by atoms with van der Waals surface area (Å²) in [5, 5.41) is 3.61. The van der Waals surface area contributed by atoms with Crippen molar-refractivity contribution in [3.05, 3.63) is 17.3 Å². The second-order valence-electron chi connectivity index (χ2n) is 4.26. The maximum absolute atomic E-state index is 11.3. The summed E-state index contributed by atoms with van der Waals surface area (Å²) >= 11 is 5.82. The largest absolute Gasteiger partial charge is 0.399 e. The molecule has 0 bridgehead atoms. The molecule has 17 heavy (non-hydrogen) atoms. The van der Waals surface area contributed by atoms with Crippen LogP contribution in [0.4, 0.5) is 11.5 Å². The first-order chi connectivity index (χ1) is 8.04. The van der Waals surface area contributed by atoms with E-state index in [4.69, 9.17) is 17.3 Å². The van der Waals surface area contributed by atoms with Crippen molar-refractivity contribution in [2.75, 3.05) is 24.6 Å². The van der Waals surface area contributed by atoms with E-state index in [0.29, 0.717) is 29.6 Å². The van der Waals surface area contributed by atoms with E-state index in [1.54, 1.807) is 24.1 Å². The van der Waals surface area contributed by atoms with Crippen molar-refractivity contribution in [1.29, 1.82) is 0 Å². The molecule has 2 rings (SSSR count). The third kappa shape index (κ3) is 3.00. The van der Waals surface area contributed by atoms with Gasteiger partial charge in [0.1, 0.15) is 11.0 Å². The molecule has 1 aliphatic rings. The highest BCUT2D eigenvalue weighted by atomic mass is 35.5. The first-order valence-electron chi connectivity index (χ1n) is 5.48. The highest BCUT2D eigenvalue weighted by Crippen LogP contribution is 2.19. The lowest BCUT2D eigenvalue weighted by Gasteiger charge is -2.30. The minimum absolute atomic E-state index is 0.182. The molecule has 5 nitrogen and oxygen atoms in total. The van der Waals surface area contributed by atoms with Crippen LogP contribution in [0.3, 0.4) is 0 Å². The van der Waals surface area contributed by atoms with E-state index in [-0.39, 0.29) is 11.9 Å². The number of piperidine rings is 1. The van der Waals surface area contributed by atoms with Crippen LogP contribution >= 0.6 is 11.6 Å². The molecule has 1 saturated heterocycles. The molecule has 0 aliphatic carbocycles. The molecule has 0 spiro atoms. The predicted molar refractivity (Wildman–Crippen MR) is 67.9 cm³/mol. The van der Waals surface area contributed by atoms with Crippen LogP contribution < -0.4 is 11.1 Å². The molecule has 92 valence electrons. The van der Waals surface area contributed by atoms with Crippen LogP contribution in [-0.2, 0) is 4.79 Å². The minimum Gasteiger partial charge on any atom is -0.399 e. The summed E-state index contributed by atoms with van der Waals surface area (Å²) in [6.07, 6.45) is 1.36. The summed E-state index contributed by atoms with van der Waals surface area (Å²) in [6.45, 7) is 0.674. The Hall–Kier alpha value is -1.49. The van der Waals surface area contributed by atoms with E-state index in [1.807, 2.05) is 0 Å². The number of carbonyl (C=O) groups is 1. The van der Waals surface area contributed by atoms with Gasteiger partial charge in [-0.1, -0.05) is 11.6 Å². The van der Waals surface area contributed by atoms with E-state index in [2.05, 4.69) is 10.3 Å². The lowest BCUT2D eigenvalue weighted by atomic mass is 10.1. The first kappa shape index (κ1) is 12.0. The van der Waals surface area contributed by atoms with Crippen LogP contribution in [0.1, 0.15) is 12.8 Å². The Labute approximate surface area is 105 Å². The zero-order valence-electron chi connectivity index (χ0n) is 9.61. The second-order valence-corrected chi connectivity index (χ2v) is 4.65. The van der Waals surface area contributed by atoms with Gasteiger partial charge < -0.3 is 16.0 Å². The van der Waals surface area contributed by atoms with Gasteiger partial charge in [0, 0.05) is 37.8 Å². The topological polar surface area (TPSA) is 71.2 Å². The molecule has 0 saturated carbocycles. The molecular weight excluding hydrogens is 240 g/mol. The van der Waals surface area contributed by atoms with Gasteiger partial charge in [-0.25, -0.2) is 4.98 Å². The number of hydrogen-bond donors (Lipinski definition) is 2. The van der Waals surface area contributed by atoms with Crippen molar-refractivity contribution in [3.8, 4) is 0 Å². The molecule has 1 fully saturated rings. The van der Waals surface area contributed by atoms with Crippen LogP contribution in [-0.4, -0.2) is 35.4 Å². The highest BCUT2D eigenvalue weighted by molar-refractivity contribution is 6.29.